The third kappa shape index (κ3) is 2.93. The highest BCUT2D eigenvalue weighted by atomic mass is 32.3. The van der Waals surface area contributed by atoms with Gasteiger partial charge in [-0.15, -0.1) is 10.8 Å². The van der Waals surface area contributed by atoms with Crippen molar-refractivity contribution in [2.75, 3.05) is 12.3 Å². The summed E-state index contributed by atoms with van der Waals surface area (Å²) in [5.74, 6) is -0.398. The van der Waals surface area contributed by atoms with Crippen LogP contribution in [0.5, 0.6) is 0 Å². The summed E-state index contributed by atoms with van der Waals surface area (Å²) >= 11 is 0. The molecule has 6 rings (SSSR count). The van der Waals surface area contributed by atoms with E-state index in [4.69, 9.17) is 9.72 Å². The maximum absolute atomic E-state index is 13.5. The third-order valence-electron chi connectivity index (χ3n) is 7.29. The first kappa shape index (κ1) is 21.8. The number of hydrogen-bond donors (Lipinski definition) is 3. The second kappa shape index (κ2) is 7.37. The van der Waals surface area contributed by atoms with Gasteiger partial charge < -0.3 is 14.4 Å². The fraction of sp³-hybridized carbons (Fsp3) is 0.375. The Hall–Kier alpha value is -2.76. The number of esters is 1. The van der Waals surface area contributed by atoms with Gasteiger partial charge in [-0.1, -0.05) is 25.1 Å². The first-order valence-corrected chi connectivity index (χ1v) is 13.0. The van der Waals surface area contributed by atoms with Crippen molar-refractivity contribution in [3.63, 3.8) is 0 Å². The molecule has 0 amide bonds. The van der Waals surface area contributed by atoms with E-state index in [-0.39, 0.29) is 36.3 Å². The number of carbonyl (C=O) groups is 1. The van der Waals surface area contributed by atoms with Crippen LogP contribution in [-0.4, -0.2) is 46.3 Å². The minimum Gasteiger partial charge on any atom is -0.458 e. The van der Waals surface area contributed by atoms with E-state index in [9.17, 15) is 23.8 Å². The lowest BCUT2D eigenvalue weighted by atomic mass is 9.86. The highest BCUT2D eigenvalue weighted by Crippen LogP contribution is 2.50. The zero-order valence-corrected chi connectivity index (χ0v) is 19.5. The van der Waals surface area contributed by atoms with Crippen LogP contribution < -0.4 is 5.56 Å². The van der Waals surface area contributed by atoms with Crippen molar-refractivity contribution in [2.24, 2.45) is 0 Å². The molecule has 5 heterocycles. The van der Waals surface area contributed by atoms with Gasteiger partial charge in [0.15, 0.2) is 5.60 Å². The van der Waals surface area contributed by atoms with Crippen LogP contribution in [0.3, 0.4) is 0 Å². The summed E-state index contributed by atoms with van der Waals surface area (Å²) in [6.45, 7) is 2.68. The summed E-state index contributed by atoms with van der Waals surface area (Å²) in [6, 6.07) is 9.34. The number of nitrogens with zero attached hydrogens (tertiary/aromatic N) is 3. The second-order valence-corrected chi connectivity index (χ2v) is 11.3. The molecule has 9 nitrogen and oxygen atoms in total. The van der Waals surface area contributed by atoms with Gasteiger partial charge in [-0.2, -0.15) is 0 Å². The number of pyridine rings is 2. The van der Waals surface area contributed by atoms with Gasteiger partial charge in [0.25, 0.3) is 5.56 Å². The van der Waals surface area contributed by atoms with E-state index in [0.29, 0.717) is 36.7 Å². The molecular weight excluding hydrogens is 458 g/mol. The summed E-state index contributed by atoms with van der Waals surface area (Å²) in [5, 5.41) is 12.0. The highest BCUT2D eigenvalue weighted by Gasteiger charge is 2.45. The zero-order chi connectivity index (χ0) is 23.8. The minimum absolute atomic E-state index is 0.0812. The van der Waals surface area contributed by atoms with Crippen molar-refractivity contribution < 1.29 is 23.7 Å². The summed E-state index contributed by atoms with van der Waals surface area (Å²) < 4.78 is 29.5. The van der Waals surface area contributed by atoms with E-state index in [0.717, 1.165) is 22.0 Å². The molecule has 0 spiro atoms. The summed E-state index contributed by atoms with van der Waals surface area (Å²) in [6.07, 6.45) is 0.793. The zero-order valence-electron chi connectivity index (χ0n) is 18.7. The average Bonchev–Trinajstić information content (AvgIpc) is 3.36. The molecule has 34 heavy (non-hydrogen) atoms. The van der Waals surface area contributed by atoms with Crippen LogP contribution in [0.2, 0.25) is 0 Å². The molecule has 3 aliphatic heterocycles. The Balaban J connectivity index is 1.58. The number of hydrogen-bond acceptors (Lipinski definition) is 8. The van der Waals surface area contributed by atoms with Gasteiger partial charge in [0.2, 0.25) is 0 Å². The van der Waals surface area contributed by atoms with Crippen molar-refractivity contribution >= 4 is 27.6 Å². The van der Waals surface area contributed by atoms with Crippen LogP contribution in [0.25, 0.3) is 22.3 Å². The van der Waals surface area contributed by atoms with E-state index < -0.39 is 22.3 Å². The molecule has 10 heteroatoms. The maximum Gasteiger partial charge on any atom is 0.343 e. The number of carbonyl (C=O) groups excluding carboxylic acids is 1. The maximum atomic E-state index is 13.5. The number of aliphatic hydroxyl groups is 1. The van der Waals surface area contributed by atoms with Crippen LogP contribution >= 0.6 is 10.8 Å². The number of para-hydroxylation sites is 1. The van der Waals surface area contributed by atoms with Crippen LogP contribution in [0.4, 0.5) is 0 Å². The van der Waals surface area contributed by atoms with Crippen molar-refractivity contribution in [1.29, 1.82) is 0 Å². The van der Waals surface area contributed by atoms with Crippen molar-refractivity contribution in [1.82, 2.24) is 13.9 Å². The molecule has 3 aromatic rings. The van der Waals surface area contributed by atoms with Gasteiger partial charge in [-0.25, -0.2) is 14.1 Å². The van der Waals surface area contributed by atoms with Gasteiger partial charge in [-0.3, -0.25) is 13.9 Å². The summed E-state index contributed by atoms with van der Waals surface area (Å²) in [4.78, 5) is 30.7. The lowest BCUT2D eigenvalue weighted by molar-refractivity contribution is -0.172. The molecule has 1 fully saturated rings. The Bertz CT molecular complexity index is 1430. The normalized spacial score (nSPS) is 23.9. The van der Waals surface area contributed by atoms with E-state index in [2.05, 4.69) is 0 Å². The molecule has 0 bridgehead atoms. The SMILES string of the molecule is CC[C@@]1(O)C(=O)OCc2c1cc1n(c2=O)Cc2c-1nc1ccccc1c2CN1CCCS1(O)O. The Labute approximate surface area is 197 Å². The fourth-order valence-electron chi connectivity index (χ4n) is 5.36. The largest absolute Gasteiger partial charge is 0.458 e. The van der Waals surface area contributed by atoms with Gasteiger partial charge in [-0.05, 0) is 30.5 Å². The topological polar surface area (TPSA) is 125 Å². The molecule has 178 valence electrons. The molecule has 0 aliphatic carbocycles. The van der Waals surface area contributed by atoms with Gasteiger partial charge in [0.1, 0.15) is 6.61 Å². The summed E-state index contributed by atoms with van der Waals surface area (Å²) in [7, 11) is -2.83. The average molecular weight is 484 g/mol. The van der Waals surface area contributed by atoms with Crippen LogP contribution in [0.15, 0.2) is 35.1 Å². The van der Waals surface area contributed by atoms with Crippen LogP contribution in [0.1, 0.15) is 42.0 Å². The van der Waals surface area contributed by atoms with Gasteiger partial charge in [0, 0.05) is 29.6 Å². The minimum atomic E-state index is -2.83. The summed E-state index contributed by atoms with van der Waals surface area (Å²) in [5.41, 5.74) is 2.00. The smallest absolute Gasteiger partial charge is 0.343 e. The van der Waals surface area contributed by atoms with E-state index in [1.54, 1.807) is 21.9 Å². The first-order chi connectivity index (χ1) is 16.2. The van der Waals surface area contributed by atoms with E-state index in [1.807, 2.05) is 24.3 Å². The molecule has 1 saturated heterocycles. The van der Waals surface area contributed by atoms with Crippen LogP contribution in [0, 0.1) is 0 Å². The lowest BCUT2D eigenvalue weighted by Gasteiger charge is -2.37. The first-order valence-electron chi connectivity index (χ1n) is 11.3. The standard InChI is InChI=1S/C24H25N3O6S/c1-2-24(30)18-10-20-21-16(12-27(20)22(28)17(18)13-33-23(24)29)15(11-26-8-5-9-34(26,31)32)14-6-3-4-7-19(14)25-21/h3-4,6-7,10,30-32H,2,5,8-9,11-13H2,1H3/t24-/m0/s1. The number of rotatable bonds is 3. The van der Waals surface area contributed by atoms with Crippen molar-refractivity contribution in [3.05, 3.63) is 62.9 Å². The molecule has 3 aliphatic rings. The quantitative estimate of drug-likeness (QED) is 0.380. The third-order valence-corrected chi connectivity index (χ3v) is 9.26. The van der Waals surface area contributed by atoms with E-state index >= 15 is 0 Å². The molecular formula is C24H25N3O6S. The Morgan fingerprint density at radius 3 is 2.74 bits per heavy atom. The predicted molar refractivity (Wildman–Crippen MR) is 127 cm³/mol. The monoisotopic (exact) mass is 483 g/mol. The molecule has 3 N–H and O–H groups in total. The van der Waals surface area contributed by atoms with Crippen LogP contribution in [-0.2, 0) is 34.8 Å². The molecule has 0 saturated carbocycles. The molecule has 0 unspecified atom stereocenters. The van der Waals surface area contributed by atoms with Crippen molar-refractivity contribution in [2.45, 2.75) is 45.1 Å². The number of benzene rings is 1. The molecule has 1 atom stereocenters. The molecule has 1 aromatic carbocycles. The lowest BCUT2D eigenvalue weighted by Crippen LogP contribution is -2.44. The fourth-order valence-corrected chi connectivity index (χ4v) is 6.89. The second-order valence-electron chi connectivity index (χ2n) is 9.09. The Morgan fingerprint density at radius 1 is 1.21 bits per heavy atom. The highest BCUT2D eigenvalue weighted by molar-refractivity contribution is 8.22. The number of fused-ring (bicyclic) bond motifs is 5. The number of aromatic nitrogens is 2. The van der Waals surface area contributed by atoms with Gasteiger partial charge in [0.05, 0.1) is 34.8 Å². The van der Waals surface area contributed by atoms with E-state index in [1.165, 1.54) is 0 Å². The number of cyclic esters (lactones) is 1. The Kier molecular flexibility index (Phi) is 4.71. The molecule has 2 aromatic heterocycles. The number of ether oxygens (including phenoxy) is 1. The Morgan fingerprint density at radius 2 is 2.00 bits per heavy atom. The predicted octanol–water partition coefficient (Wildman–Crippen LogP) is 2.95. The molecule has 0 radical (unpaired) electrons. The van der Waals surface area contributed by atoms with Gasteiger partial charge >= 0.3 is 5.97 Å². The van der Waals surface area contributed by atoms with Crippen molar-refractivity contribution in [3.8, 4) is 11.4 Å².